The Labute approximate surface area is 188 Å². The van der Waals surface area contributed by atoms with Crippen molar-refractivity contribution in [2.24, 2.45) is 5.92 Å². The van der Waals surface area contributed by atoms with E-state index < -0.39 is 22.0 Å². The molecule has 31 heavy (non-hydrogen) atoms. The van der Waals surface area contributed by atoms with Gasteiger partial charge < -0.3 is 10.6 Å². The maximum atomic E-state index is 13.0. The van der Waals surface area contributed by atoms with Gasteiger partial charge >= 0.3 is 0 Å². The van der Waals surface area contributed by atoms with Gasteiger partial charge in [0.2, 0.25) is 15.9 Å². The number of aryl methyl sites for hydroxylation is 1. The Kier molecular flexibility index (Phi) is 8.08. The van der Waals surface area contributed by atoms with Crippen LogP contribution in [0.1, 0.15) is 36.7 Å². The van der Waals surface area contributed by atoms with E-state index in [2.05, 4.69) is 10.6 Å². The van der Waals surface area contributed by atoms with Crippen molar-refractivity contribution in [3.63, 3.8) is 0 Å². The van der Waals surface area contributed by atoms with E-state index >= 15 is 0 Å². The molecule has 168 valence electrons. The molecule has 0 aliphatic carbocycles. The molecular formula is C22H28ClN3O4S. The van der Waals surface area contributed by atoms with Crippen LogP contribution < -0.4 is 14.9 Å². The van der Waals surface area contributed by atoms with Gasteiger partial charge in [-0.2, -0.15) is 0 Å². The lowest BCUT2D eigenvalue weighted by Gasteiger charge is -2.29. The van der Waals surface area contributed by atoms with Crippen LogP contribution in [0.5, 0.6) is 0 Å². The van der Waals surface area contributed by atoms with E-state index in [-0.39, 0.29) is 11.8 Å². The van der Waals surface area contributed by atoms with Gasteiger partial charge in [-0.05, 0) is 49.6 Å². The SMILES string of the molecule is Cc1ccc(Cl)cc1N([C@@H](C)C(=O)Nc1ccccc1C(=O)NCC(C)C)S(C)(=O)=O. The highest BCUT2D eigenvalue weighted by Gasteiger charge is 2.31. The molecule has 2 rings (SSSR count). The van der Waals surface area contributed by atoms with Crippen LogP contribution in [0.15, 0.2) is 42.5 Å². The van der Waals surface area contributed by atoms with E-state index in [1.54, 1.807) is 43.3 Å². The summed E-state index contributed by atoms with van der Waals surface area (Å²) in [6.07, 6.45) is 1.03. The van der Waals surface area contributed by atoms with Crippen LogP contribution in [0, 0.1) is 12.8 Å². The first-order chi connectivity index (χ1) is 14.4. The Morgan fingerprint density at radius 1 is 1.10 bits per heavy atom. The topological polar surface area (TPSA) is 95.6 Å². The predicted octanol–water partition coefficient (Wildman–Crippen LogP) is 3.83. The Morgan fingerprint density at radius 3 is 2.35 bits per heavy atom. The summed E-state index contributed by atoms with van der Waals surface area (Å²) in [6, 6.07) is 10.4. The van der Waals surface area contributed by atoms with Crippen LogP contribution in [-0.4, -0.2) is 39.1 Å². The van der Waals surface area contributed by atoms with E-state index in [1.807, 2.05) is 13.8 Å². The van der Waals surface area contributed by atoms with E-state index in [0.717, 1.165) is 10.6 Å². The number of halogens is 1. The monoisotopic (exact) mass is 465 g/mol. The molecule has 1 atom stereocenters. The molecule has 0 saturated heterocycles. The number of carbonyl (C=O) groups is 2. The van der Waals surface area contributed by atoms with Crippen molar-refractivity contribution in [3.05, 3.63) is 58.6 Å². The molecule has 0 aromatic heterocycles. The second-order valence-corrected chi connectivity index (χ2v) is 10.1. The molecule has 0 radical (unpaired) electrons. The van der Waals surface area contributed by atoms with Crippen molar-refractivity contribution in [1.82, 2.24) is 5.32 Å². The van der Waals surface area contributed by atoms with Crippen LogP contribution in [0.2, 0.25) is 5.02 Å². The average molecular weight is 466 g/mol. The molecule has 0 aliphatic heterocycles. The lowest BCUT2D eigenvalue weighted by molar-refractivity contribution is -0.116. The Hall–Kier alpha value is -2.58. The first kappa shape index (κ1) is 24.7. The summed E-state index contributed by atoms with van der Waals surface area (Å²) in [5.41, 5.74) is 1.58. The molecule has 0 bridgehead atoms. The fourth-order valence-corrected chi connectivity index (χ4v) is 4.41. The fraction of sp³-hybridized carbons (Fsp3) is 0.364. The second kappa shape index (κ2) is 10.2. The molecule has 2 N–H and O–H groups in total. The lowest BCUT2D eigenvalue weighted by Crippen LogP contribution is -2.46. The molecule has 7 nitrogen and oxygen atoms in total. The molecule has 0 fully saturated rings. The van der Waals surface area contributed by atoms with E-state index in [9.17, 15) is 18.0 Å². The summed E-state index contributed by atoms with van der Waals surface area (Å²) in [5, 5.41) is 5.87. The number of rotatable bonds is 8. The second-order valence-electron chi connectivity index (χ2n) is 7.80. The quantitative estimate of drug-likeness (QED) is 0.619. The Morgan fingerprint density at radius 2 is 1.74 bits per heavy atom. The number of carbonyl (C=O) groups excluding carboxylic acids is 2. The standard InChI is InChI=1S/C22H28ClN3O4S/c1-14(2)13-24-22(28)18-8-6-7-9-19(18)25-21(27)16(4)26(31(5,29)30)20-12-17(23)11-10-15(20)3/h6-12,14,16H,13H2,1-5H3,(H,24,28)(H,25,27)/t16-/m0/s1. The number of nitrogens with one attached hydrogen (secondary N) is 2. The maximum absolute atomic E-state index is 13.0. The predicted molar refractivity (Wildman–Crippen MR) is 125 cm³/mol. The normalized spacial score (nSPS) is 12.4. The molecule has 0 heterocycles. The van der Waals surface area contributed by atoms with Gasteiger partial charge in [0.1, 0.15) is 6.04 Å². The summed E-state index contributed by atoms with van der Waals surface area (Å²) in [7, 11) is -3.80. The minimum atomic E-state index is -3.80. The third-order valence-corrected chi connectivity index (χ3v) is 6.06. The summed E-state index contributed by atoms with van der Waals surface area (Å²) in [4.78, 5) is 25.6. The number of sulfonamides is 1. The number of nitrogens with zero attached hydrogens (tertiary/aromatic N) is 1. The van der Waals surface area contributed by atoms with Gasteiger partial charge in [0.25, 0.3) is 5.91 Å². The van der Waals surface area contributed by atoms with Gasteiger partial charge in [0, 0.05) is 11.6 Å². The Balaban J connectivity index is 2.34. The van der Waals surface area contributed by atoms with Crippen molar-refractivity contribution in [1.29, 1.82) is 0 Å². The van der Waals surface area contributed by atoms with Crippen LogP contribution in [0.3, 0.4) is 0 Å². The zero-order chi connectivity index (χ0) is 23.3. The number of benzene rings is 2. The number of para-hydroxylation sites is 1. The van der Waals surface area contributed by atoms with Gasteiger partial charge in [-0.3, -0.25) is 13.9 Å². The number of amides is 2. The van der Waals surface area contributed by atoms with Crippen molar-refractivity contribution in [2.45, 2.75) is 33.7 Å². The molecule has 0 unspecified atom stereocenters. The van der Waals surface area contributed by atoms with Gasteiger partial charge in [0.05, 0.1) is 23.2 Å². The minimum absolute atomic E-state index is 0.273. The minimum Gasteiger partial charge on any atom is -0.352 e. The molecule has 2 aromatic rings. The third-order valence-electron chi connectivity index (χ3n) is 4.60. The molecular weight excluding hydrogens is 438 g/mol. The Bertz CT molecular complexity index is 1070. The van der Waals surface area contributed by atoms with Crippen LogP contribution in [0.4, 0.5) is 11.4 Å². The third kappa shape index (κ3) is 6.45. The van der Waals surface area contributed by atoms with Crippen molar-refractivity contribution in [3.8, 4) is 0 Å². The lowest BCUT2D eigenvalue weighted by atomic mass is 10.1. The summed E-state index contributed by atoms with van der Waals surface area (Å²) >= 11 is 6.07. The first-order valence-corrected chi connectivity index (χ1v) is 12.1. The highest BCUT2D eigenvalue weighted by atomic mass is 35.5. The molecule has 2 aromatic carbocycles. The maximum Gasteiger partial charge on any atom is 0.253 e. The number of hydrogen-bond donors (Lipinski definition) is 2. The molecule has 9 heteroatoms. The van der Waals surface area contributed by atoms with Crippen LogP contribution >= 0.6 is 11.6 Å². The summed E-state index contributed by atoms with van der Waals surface area (Å²) in [6.45, 7) is 7.68. The van der Waals surface area contributed by atoms with E-state index in [1.165, 1.54) is 13.0 Å². The summed E-state index contributed by atoms with van der Waals surface area (Å²) in [5.74, 6) is -0.619. The van der Waals surface area contributed by atoms with E-state index in [4.69, 9.17) is 11.6 Å². The molecule has 2 amide bonds. The van der Waals surface area contributed by atoms with Crippen LogP contribution in [-0.2, 0) is 14.8 Å². The van der Waals surface area contributed by atoms with Crippen molar-refractivity contribution in [2.75, 3.05) is 22.4 Å². The molecule has 0 aliphatic rings. The first-order valence-electron chi connectivity index (χ1n) is 9.85. The fourth-order valence-electron chi connectivity index (χ4n) is 3.02. The average Bonchev–Trinajstić information content (AvgIpc) is 2.68. The smallest absolute Gasteiger partial charge is 0.253 e. The largest absolute Gasteiger partial charge is 0.352 e. The van der Waals surface area contributed by atoms with Gasteiger partial charge in [0.15, 0.2) is 0 Å². The highest BCUT2D eigenvalue weighted by molar-refractivity contribution is 7.92. The molecule has 0 spiro atoms. The number of anilines is 2. The molecule has 0 saturated carbocycles. The van der Waals surface area contributed by atoms with Crippen molar-refractivity contribution >= 4 is 44.8 Å². The van der Waals surface area contributed by atoms with Crippen LogP contribution in [0.25, 0.3) is 0 Å². The van der Waals surface area contributed by atoms with E-state index in [0.29, 0.717) is 34.1 Å². The van der Waals surface area contributed by atoms with Gasteiger partial charge in [-0.1, -0.05) is 43.6 Å². The highest BCUT2D eigenvalue weighted by Crippen LogP contribution is 2.28. The van der Waals surface area contributed by atoms with Gasteiger partial charge in [-0.15, -0.1) is 0 Å². The number of hydrogen-bond acceptors (Lipinski definition) is 4. The zero-order valence-corrected chi connectivity index (χ0v) is 19.8. The summed E-state index contributed by atoms with van der Waals surface area (Å²) < 4.78 is 26.1. The van der Waals surface area contributed by atoms with Gasteiger partial charge in [-0.25, -0.2) is 8.42 Å². The van der Waals surface area contributed by atoms with Crippen molar-refractivity contribution < 1.29 is 18.0 Å². The zero-order valence-electron chi connectivity index (χ0n) is 18.3.